The minimum atomic E-state index is -0.502. The minimum absolute atomic E-state index is 0.117. The van der Waals surface area contributed by atoms with E-state index < -0.39 is 4.92 Å². The maximum Gasteiger partial charge on any atom is 0.363 e. The molecule has 0 aromatic carbocycles. The molecule has 0 aliphatic rings. The van der Waals surface area contributed by atoms with Gasteiger partial charge in [-0.1, -0.05) is 0 Å². The molecule has 0 aliphatic heterocycles. The summed E-state index contributed by atoms with van der Waals surface area (Å²) in [5, 5.41) is 13.5. The van der Waals surface area contributed by atoms with Crippen LogP contribution in [0.5, 0.6) is 0 Å². The Kier molecular flexibility index (Phi) is 5.06. The third-order valence-corrected chi connectivity index (χ3v) is 2.15. The lowest BCUT2D eigenvalue weighted by atomic mass is 10.3. The SMILES string of the molecule is O=[N+]([O-])c1ccc(CNCCCS)cn1. The van der Waals surface area contributed by atoms with Crippen molar-refractivity contribution in [3.63, 3.8) is 0 Å². The first kappa shape index (κ1) is 11.9. The Morgan fingerprint density at radius 3 is 2.87 bits per heavy atom. The number of hydrogen-bond acceptors (Lipinski definition) is 5. The molecule has 1 aromatic rings. The maximum atomic E-state index is 10.3. The van der Waals surface area contributed by atoms with Gasteiger partial charge in [-0.3, -0.25) is 0 Å². The highest BCUT2D eigenvalue weighted by molar-refractivity contribution is 7.80. The number of aromatic nitrogens is 1. The topological polar surface area (TPSA) is 68.1 Å². The summed E-state index contributed by atoms with van der Waals surface area (Å²) in [7, 11) is 0. The van der Waals surface area contributed by atoms with Gasteiger partial charge in [-0.2, -0.15) is 12.6 Å². The zero-order valence-electron chi connectivity index (χ0n) is 8.22. The van der Waals surface area contributed by atoms with E-state index in [1.807, 2.05) is 0 Å². The fourth-order valence-corrected chi connectivity index (χ4v) is 1.22. The van der Waals surface area contributed by atoms with E-state index in [2.05, 4.69) is 22.9 Å². The monoisotopic (exact) mass is 227 g/mol. The van der Waals surface area contributed by atoms with Crippen LogP contribution in [0.25, 0.3) is 0 Å². The largest absolute Gasteiger partial charge is 0.363 e. The molecule has 0 amide bonds. The van der Waals surface area contributed by atoms with Gasteiger partial charge in [0.2, 0.25) is 0 Å². The van der Waals surface area contributed by atoms with Crippen LogP contribution in [0.1, 0.15) is 12.0 Å². The third kappa shape index (κ3) is 4.26. The van der Waals surface area contributed by atoms with E-state index >= 15 is 0 Å². The van der Waals surface area contributed by atoms with Crippen molar-refractivity contribution in [2.24, 2.45) is 0 Å². The van der Waals surface area contributed by atoms with Crippen molar-refractivity contribution in [3.8, 4) is 0 Å². The van der Waals surface area contributed by atoms with Crippen LogP contribution in [-0.2, 0) is 6.54 Å². The Morgan fingerprint density at radius 1 is 1.53 bits per heavy atom. The molecule has 0 unspecified atom stereocenters. The van der Waals surface area contributed by atoms with E-state index in [-0.39, 0.29) is 5.82 Å². The summed E-state index contributed by atoms with van der Waals surface area (Å²) >= 11 is 4.09. The summed E-state index contributed by atoms with van der Waals surface area (Å²) in [6.07, 6.45) is 2.52. The summed E-state index contributed by atoms with van der Waals surface area (Å²) < 4.78 is 0. The standard InChI is InChI=1S/C9H13N3O2S/c13-12(14)9-3-2-8(7-11-9)6-10-4-1-5-15/h2-3,7,10,15H,1,4-6H2. The van der Waals surface area contributed by atoms with Crippen molar-refractivity contribution < 1.29 is 4.92 Å². The van der Waals surface area contributed by atoms with Gasteiger partial charge in [-0.25, -0.2) is 0 Å². The molecule has 6 heteroatoms. The second kappa shape index (κ2) is 6.36. The van der Waals surface area contributed by atoms with Gasteiger partial charge in [0, 0.05) is 18.2 Å². The lowest BCUT2D eigenvalue weighted by molar-refractivity contribution is -0.389. The van der Waals surface area contributed by atoms with Crippen LogP contribution in [0, 0.1) is 10.1 Å². The molecule has 0 saturated heterocycles. The second-order valence-corrected chi connectivity index (χ2v) is 3.48. The van der Waals surface area contributed by atoms with Crippen molar-refractivity contribution in [2.45, 2.75) is 13.0 Å². The Bertz CT molecular complexity index is 316. The van der Waals surface area contributed by atoms with Gasteiger partial charge < -0.3 is 15.4 Å². The molecule has 15 heavy (non-hydrogen) atoms. The highest BCUT2D eigenvalue weighted by Crippen LogP contribution is 2.06. The first-order valence-electron chi connectivity index (χ1n) is 4.65. The molecular formula is C9H13N3O2S. The van der Waals surface area contributed by atoms with Gasteiger partial charge in [0.15, 0.2) is 0 Å². The van der Waals surface area contributed by atoms with Gasteiger partial charge in [-0.05, 0) is 34.7 Å². The fourth-order valence-electron chi connectivity index (χ4n) is 1.07. The number of nitrogens with zero attached hydrogens (tertiary/aromatic N) is 2. The van der Waals surface area contributed by atoms with Crippen LogP contribution in [0.2, 0.25) is 0 Å². The number of nitro groups is 1. The van der Waals surface area contributed by atoms with E-state index in [1.54, 1.807) is 6.07 Å². The molecule has 1 rings (SSSR count). The summed E-state index contributed by atoms with van der Waals surface area (Å²) in [4.78, 5) is 13.6. The van der Waals surface area contributed by atoms with Crippen LogP contribution in [-0.4, -0.2) is 22.2 Å². The first-order chi connectivity index (χ1) is 7.24. The molecule has 82 valence electrons. The Hall–Kier alpha value is -1.14. The van der Waals surface area contributed by atoms with Crippen molar-refractivity contribution >= 4 is 18.4 Å². The molecule has 1 N–H and O–H groups in total. The fraction of sp³-hybridized carbons (Fsp3) is 0.444. The number of rotatable bonds is 6. The predicted octanol–water partition coefficient (Wildman–Crippen LogP) is 1.40. The van der Waals surface area contributed by atoms with Crippen LogP contribution in [0.3, 0.4) is 0 Å². The first-order valence-corrected chi connectivity index (χ1v) is 5.28. The van der Waals surface area contributed by atoms with Crippen LogP contribution in [0.4, 0.5) is 5.82 Å². The second-order valence-electron chi connectivity index (χ2n) is 3.04. The molecule has 0 saturated carbocycles. The molecule has 0 radical (unpaired) electrons. The molecule has 0 fully saturated rings. The zero-order valence-corrected chi connectivity index (χ0v) is 9.11. The molecular weight excluding hydrogens is 214 g/mol. The highest BCUT2D eigenvalue weighted by Gasteiger charge is 2.05. The number of hydrogen-bond donors (Lipinski definition) is 2. The molecule has 5 nitrogen and oxygen atoms in total. The number of pyridine rings is 1. The average Bonchev–Trinajstić information content (AvgIpc) is 2.25. The van der Waals surface area contributed by atoms with Gasteiger partial charge in [0.1, 0.15) is 6.20 Å². The van der Waals surface area contributed by atoms with Crippen LogP contribution in [0.15, 0.2) is 18.3 Å². The van der Waals surface area contributed by atoms with E-state index in [4.69, 9.17) is 0 Å². The van der Waals surface area contributed by atoms with Gasteiger partial charge in [0.25, 0.3) is 0 Å². The lowest BCUT2D eigenvalue weighted by Gasteiger charge is -2.01. The highest BCUT2D eigenvalue weighted by atomic mass is 32.1. The van der Waals surface area contributed by atoms with E-state index in [0.717, 1.165) is 24.3 Å². The summed E-state index contributed by atoms with van der Waals surface area (Å²) in [5.41, 5.74) is 0.944. The number of nitrogens with one attached hydrogen (secondary N) is 1. The van der Waals surface area contributed by atoms with Crippen molar-refractivity contribution in [2.75, 3.05) is 12.3 Å². The van der Waals surface area contributed by atoms with Crippen molar-refractivity contribution in [1.29, 1.82) is 0 Å². The molecule has 0 aliphatic carbocycles. The van der Waals surface area contributed by atoms with Crippen LogP contribution >= 0.6 is 12.6 Å². The van der Waals surface area contributed by atoms with Crippen molar-refractivity contribution in [1.82, 2.24) is 10.3 Å². The van der Waals surface area contributed by atoms with Gasteiger partial charge in [0.05, 0.1) is 0 Å². The molecule has 0 spiro atoms. The zero-order chi connectivity index (χ0) is 11.1. The van der Waals surface area contributed by atoms with Crippen LogP contribution < -0.4 is 5.32 Å². The lowest BCUT2D eigenvalue weighted by Crippen LogP contribution is -2.15. The third-order valence-electron chi connectivity index (χ3n) is 1.84. The van der Waals surface area contributed by atoms with Gasteiger partial charge >= 0.3 is 5.82 Å². The van der Waals surface area contributed by atoms with E-state index in [0.29, 0.717) is 6.54 Å². The summed E-state index contributed by atoms with van der Waals surface area (Å²) in [6, 6.07) is 3.12. The van der Waals surface area contributed by atoms with E-state index in [9.17, 15) is 10.1 Å². The predicted molar refractivity (Wildman–Crippen MR) is 61.1 cm³/mol. The minimum Gasteiger partial charge on any atom is -0.358 e. The maximum absolute atomic E-state index is 10.3. The Morgan fingerprint density at radius 2 is 2.33 bits per heavy atom. The van der Waals surface area contributed by atoms with E-state index in [1.165, 1.54) is 12.3 Å². The quantitative estimate of drug-likeness (QED) is 0.333. The normalized spacial score (nSPS) is 10.2. The molecule has 1 aromatic heterocycles. The average molecular weight is 227 g/mol. The van der Waals surface area contributed by atoms with Gasteiger partial charge in [-0.15, -0.1) is 0 Å². The Balaban J connectivity index is 2.39. The summed E-state index contributed by atoms with van der Waals surface area (Å²) in [6.45, 7) is 1.57. The number of thiol groups is 1. The smallest absolute Gasteiger partial charge is 0.358 e. The summed E-state index contributed by atoms with van der Waals surface area (Å²) in [5.74, 6) is 0.736. The molecule has 0 atom stereocenters. The molecule has 0 bridgehead atoms. The Labute approximate surface area is 93.5 Å². The molecule has 1 heterocycles. The van der Waals surface area contributed by atoms with Crippen molar-refractivity contribution in [3.05, 3.63) is 34.0 Å².